The topological polar surface area (TPSA) is 81.8 Å². The molecule has 0 unspecified atom stereocenters. The minimum Gasteiger partial charge on any atom is -0.506 e. The molecule has 0 amide bonds. The number of hydrogen-bond acceptors (Lipinski definition) is 5. The van der Waals surface area contributed by atoms with Gasteiger partial charge in [0.25, 0.3) is 0 Å². The summed E-state index contributed by atoms with van der Waals surface area (Å²) in [5, 5.41) is 9.20. The van der Waals surface area contributed by atoms with Crippen molar-refractivity contribution in [2.45, 2.75) is 20.0 Å². The average Bonchev–Trinajstić information content (AvgIpc) is 2.27. The Hall–Kier alpha value is -1.75. The van der Waals surface area contributed by atoms with E-state index in [1.54, 1.807) is 0 Å². The highest BCUT2D eigenvalue weighted by Gasteiger charge is 2.09. The lowest BCUT2D eigenvalue weighted by atomic mass is 10.2. The Labute approximate surface area is 100 Å². The number of carbonyl (C=O) groups excluding carboxylic acids is 1. The van der Waals surface area contributed by atoms with Crippen LogP contribution in [0.25, 0.3) is 0 Å². The Morgan fingerprint density at radius 2 is 2.12 bits per heavy atom. The number of esters is 1. The predicted molar refractivity (Wildman–Crippen MR) is 63.9 cm³/mol. The SMILES string of the molecule is CC(C)OCCOC(=O)c1ccc(O)c(N)c1. The van der Waals surface area contributed by atoms with Gasteiger partial charge >= 0.3 is 5.97 Å². The van der Waals surface area contributed by atoms with Crippen molar-refractivity contribution in [3.8, 4) is 5.75 Å². The van der Waals surface area contributed by atoms with Crippen LogP contribution in [-0.4, -0.2) is 30.4 Å². The number of anilines is 1. The third-order valence-electron chi connectivity index (χ3n) is 2.03. The summed E-state index contributed by atoms with van der Waals surface area (Å²) in [7, 11) is 0. The Kier molecular flexibility index (Phi) is 4.78. The van der Waals surface area contributed by atoms with Crippen molar-refractivity contribution in [1.29, 1.82) is 0 Å². The highest BCUT2D eigenvalue weighted by atomic mass is 16.6. The van der Waals surface area contributed by atoms with Crippen LogP contribution in [0.4, 0.5) is 5.69 Å². The smallest absolute Gasteiger partial charge is 0.338 e. The molecule has 94 valence electrons. The van der Waals surface area contributed by atoms with Crippen molar-refractivity contribution in [1.82, 2.24) is 0 Å². The number of nitrogen functional groups attached to an aromatic ring is 1. The first kappa shape index (κ1) is 13.3. The van der Waals surface area contributed by atoms with Crippen LogP contribution in [0.1, 0.15) is 24.2 Å². The molecule has 0 aliphatic heterocycles. The van der Waals surface area contributed by atoms with E-state index < -0.39 is 5.97 Å². The van der Waals surface area contributed by atoms with Gasteiger partial charge in [-0.2, -0.15) is 0 Å². The summed E-state index contributed by atoms with van der Waals surface area (Å²) in [5.74, 6) is -0.534. The first-order valence-corrected chi connectivity index (χ1v) is 5.38. The first-order valence-electron chi connectivity index (χ1n) is 5.38. The summed E-state index contributed by atoms with van der Waals surface area (Å²) in [6.07, 6.45) is 0.109. The van der Waals surface area contributed by atoms with E-state index in [0.29, 0.717) is 12.2 Å². The Morgan fingerprint density at radius 3 is 2.71 bits per heavy atom. The highest BCUT2D eigenvalue weighted by molar-refractivity contribution is 5.90. The normalized spacial score (nSPS) is 10.5. The van der Waals surface area contributed by atoms with Gasteiger partial charge < -0.3 is 20.3 Å². The second kappa shape index (κ2) is 6.10. The largest absolute Gasteiger partial charge is 0.506 e. The summed E-state index contributed by atoms with van der Waals surface area (Å²) in [4.78, 5) is 11.5. The standard InChI is InChI=1S/C12H17NO4/c1-8(2)16-5-6-17-12(15)9-3-4-11(14)10(13)7-9/h3-4,7-8,14H,5-6,13H2,1-2H3. The van der Waals surface area contributed by atoms with E-state index in [4.69, 9.17) is 15.2 Å². The number of rotatable bonds is 5. The molecule has 5 heteroatoms. The zero-order valence-electron chi connectivity index (χ0n) is 9.97. The maximum Gasteiger partial charge on any atom is 0.338 e. The van der Waals surface area contributed by atoms with E-state index in [2.05, 4.69) is 0 Å². The minimum atomic E-state index is -0.482. The van der Waals surface area contributed by atoms with Gasteiger partial charge in [-0.05, 0) is 32.0 Å². The van der Waals surface area contributed by atoms with Gasteiger partial charge in [0.05, 0.1) is 24.0 Å². The molecule has 0 saturated carbocycles. The molecule has 1 aromatic rings. The van der Waals surface area contributed by atoms with Gasteiger partial charge in [0, 0.05) is 0 Å². The van der Waals surface area contributed by atoms with Crippen LogP contribution in [0.3, 0.4) is 0 Å². The number of phenolic OH excluding ortho intramolecular Hbond substituents is 1. The van der Waals surface area contributed by atoms with E-state index in [-0.39, 0.29) is 24.1 Å². The third-order valence-corrected chi connectivity index (χ3v) is 2.03. The molecule has 5 nitrogen and oxygen atoms in total. The summed E-state index contributed by atoms with van der Waals surface area (Å²) in [6, 6.07) is 4.19. The second-order valence-corrected chi connectivity index (χ2v) is 3.83. The molecule has 1 aromatic carbocycles. The molecule has 3 N–H and O–H groups in total. The lowest BCUT2D eigenvalue weighted by molar-refractivity contribution is 0.0177. The first-order chi connectivity index (χ1) is 8.00. The molecule has 17 heavy (non-hydrogen) atoms. The molecule has 0 bridgehead atoms. The van der Waals surface area contributed by atoms with Crippen molar-refractivity contribution < 1.29 is 19.4 Å². The van der Waals surface area contributed by atoms with E-state index in [0.717, 1.165) is 0 Å². The summed E-state index contributed by atoms with van der Waals surface area (Å²) >= 11 is 0. The lowest BCUT2D eigenvalue weighted by Gasteiger charge is -2.08. The zero-order valence-corrected chi connectivity index (χ0v) is 9.97. The van der Waals surface area contributed by atoms with Crippen LogP contribution in [0.5, 0.6) is 5.75 Å². The number of ether oxygens (including phenoxy) is 2. The van der Waals surface area contributed by atoms with Gasteiger partial charge in [-0.1, -0.05) is 0 Å². The van der Waals surface area contributed by atoms with Crippen LogP contribution in [-0.2, 0) is 9.47 Å². The maximum atomic E-state index is 11.5. The fourth-order valence-electron chi connectivity index (χ4n) is 1.18. The zero-order chi connectivity index (χ0) is 12.8. The number of aromatic hydroxyl groups is 1. The van der Waals surface area contributed by atoms with Gasteiger partial charge in [-0.15, -0.1) is 0 Å². The van der Waals surface area contributed by atoms with Gasteiger partial charge in [0.15, 0.2) is 0 Å². The van der Waals surface area contributed by atoms with E-state index in [1.807, 2.05) is 13.8 Å². The van der Waals surface area contributed by atoms with Crippen molar-refractivity contribution in [3.05, 3.63) is 23.8 Å². The van der Waals surface area contributed by atoms with Crippen LogP contribution in [0.15, 0.2) is 18.2 Å². The third kappa shape index (κ3) is 4.32. The Balaban J connectivity index is 2.44. The molecule has 0 atom stereocenters. The number of carbonyl (C=O) groups is 1. The summed E-state index contributed by atoms with van der Waals surface area (Å²) < 4.78 is 10.2. The van der Waals surface area contributed by atoms with E-state index >= 15 is 0 Å². The number of benzene rings is 1. The maximum absolute atomic E-state index is 11.5. The van der Waals surface area contributed by atoms with Crippen LogP contribution >= 0.6 is 0 Å². The van der Waals surface area contributed by atoms with Crippen LogP contribution < -0.4 is 5.73 Å². The van der Waals surface area contributed by atoms with E-state index in [9.17, 15) is 9.90 Å². The molecule has 0 fully saturated rings. The lowest BCUT2D eigenvalue weighted by Crippen LogP contribution is -2.13. The Morgan fingerprint density at radius 1 is 1.41 bits per heavy atom. The molecule has 0 aromatic heterocycles. The minimum absolute atomic E-state index is 0.0512. The van der Waals surface area contributed by atoms with Gasteiger partial charge in [-0.25, -0.2) is 4.79 Å². The summed E-state index contributed by atoms with van der Waals surface area (Å²) in [5.41, 5.74) is 5.93. The second-order valence-electron chi connectivity index (χ2n) is 3.83. The van der Waals surface area contributed by atoms with Crippen molar-refractivity contribution in [2.75, 3.05) is 18.9 Å². The quantitative estimate of drug-likeness (QED) is 0.352. The highest BCUT2D eigenvalue weighted by Crippen LogP contribution is 2.20. The number of phenols is 1. The van der Waals surface area contributed by atoms with Crippen LogP contribution in [0.2, 0.25) is 0 Å². The van der Waals surface area contributed by atoms with Crippen molar-refractivity contribution >= 4 is 11.7 Å². The monoisotopic (exact) mass is 239 g/mol. The molecule has 0 saturated heterocycles. The van der Waals surface area contributed by atoms with Crippen molar-refractivity contribution in [2.24, 2.45) is 0 Å². The van der Waals surface area contributed by atoms with Crippen LogP contribution in [0, 0.1) is 0 Å². The number of hydrogen-bond donors (Lipinski definition) is 2. The Bertz CT molecular complexity index is 390. The molecule has 1 rings (SSSR count). The number of nitrogens with two attached hydrogens (primary N) is 1. The molecule has 0 heterocycles. The fraction of sp³-hybridized carbons (Fsp3) is 0.417. The summed E-state index contributed by atoms with van der Waals surface area (Å²) in [6.45, 7) is 4.36. The fourth-order valence-corrected chi connectivity index (χ4v) is 1.18. The van der Waals surface area contributed by atoms with Crippen molar-refractivity contribution in [3.63, 3.8) is 0 Å². The molecule has 0 aliphatic carbocycles. The van der Waals surface area contributed by atoms with Gasteiger partial charge in [0.1, 0.15) is 12.4 Å². The van der Waals surface area contributed by atoms with Gasteiger partial charge in [-0.3, -0.25) is 0 Å². The molecule has 0 aliphatic rings. The molecular formula is C12H17NO4. The molecule has 0 radical (unpaired) electrons. The van der Waals surface area contributed by atoms with E-state index in [1.165, 1.54) is 18.2 Å². The predicted octanol–water partition coefficient (Wildman–Crippen LogP) is 1.56. The average molecular weight is 239 g/mol. The van der Waals surface area contributed by atoms with Gasteiger partial charge in [0.2, 0.25) is 0 Å². The molecule has 0 spiro atoms. The molecular weight excluding hydrogens is 222 g/mol.